The summed E-state index contributed by atoms with van der Waals surface area (Å²) in [6.45, 7) is 1.70. The Hall–Kier alpha value is -2.30. The Morgan fingerprint density at radius 3 is 2.35 bits per heavy atom. The molecule has 0 radical (unpaired) electrons. The van der Waals surface area contributed by atoms with E-state index in [1.54, 1.807) is 43.3 Å². The van der Waals surface area contributed by atoms with Crippen LogP contribution >= 0.6 is 0 Å². The standard InChI is InChI=1S/C15H10F3NO/c1-9-5-4-7-11-10-6-2-3-8-12(10)19(13(9)11)14(20)15(16,17)18/h2-8H,1H3. The first-order valence-corrected chi connectivity index (χ1v) is 6.01. The van der Waals surface area contributed by atoms with Gasteiger partial charge in [0.2, 0.25) is 0 Å². The second kappa shape index (κ2) is 4.10. The van der Waals surface area contributed by atoms with Crippen LogP contribution in [0.25, 0.3) is 21.8 Å². The van der Waals surface area contributed by atoms with Gasteiger partial charge in [0.25, 0.3) is 0 Å². The smallest absolute Gasteiger partial charge is 0.272 e. The van der Waals surface area contributed by atoms with Crippen LogP contribution in [-0.4, -0.2) is 16.7 Å². The quantitative estimate of drug-likeness (QED) is 0.600. The zero-order valence-corrected chi connectivity index (χ0v) is 10.5. The van der Waals surface area contributed by atoms with Crippen molar-refractivity contribution >= 4 is 27.7 Å². The van der Waals surface area contributed by atoms with Crippen molar-refractivity contribution in [3.8, 4) is 0 Å². The van der Waals surface area contributed by atoms with Gasteiger partial charge in [0.1, 0.15) is 0 Å². The molecule has 20 heavy (non-hydrogen) atoms. The summed E-state index contributed by atoms with van der Waals surface area (Å²) >= 11 is 0. The number of benzene rings is 2. The molecule has 3 aromatic rings. The topological polar surface area (TPSA) is 22.0 Å². The van der Waals surface area contributed by atoms with Crippen molar-refractivity contribution in [1.29, 1.82) is 0 Å². The Balaban J connectivity index is 2.53. The molecule has 0 amide bonds. The molecule has 0 unspecified atom stereocenters. The Bertz CT molecular complexity index is 830. The number of fused-ring (bicyclic) bond motifs is 3. The van der Waals surface area contributed by atoms with Crippen LogP contribution in [0.15, 0.2) is 42.5 Å². The fraction of sp³-hybridized carbons (Fsp3) is 0.133. The molecule has 0 fully saturated rings. The Kier molecular flexibility index (Phi) is 2.61. The van der Waals surface area contributed by atoms with Crippen molar-refractivity contribution < 1.29 is 18.0 Å². The van der Waals surface area contributed by atoms with E-state index in [1.165, 1.54) is 6.07 Å². The average molecular weight is 277 g/mol. The third-order valence-electron chi connectivity index (χ3n) is 3.34. The summed E-state index contributed by atoms with van der Waals surface area (Å²) in [5.74, 6) is -1.86. The molecule has 0 spiro atoms. The molecule has 1 aromatic heterocycles. The molecule has 2 aromatic carbocycles. The van der Waals surface area contributed by atoms with Crippen molar-refractivity contribution in [3.63, 3.8) is 0 Å². The minimum absolute atomic E-state index is 0.277. The van der Waals surface area contributed by atoms with Crippen LogP contribution in [-0.2, 0) is 0 Å². The van der Waals surface area contributed by atoms with E-state index in [0.29, 0.717) is 21.9 Å². The van der Waals surface area contributed by atoms with Gasteiger partial charge in [-0.1, -0.05) is 36.4 Å². The van der Waals surface area contributed by atoms with E-state index in [9.17, 15) is 18.0 Å². The number of hydrogen-bond acceptors (Lipinski definition) is 1. The highest BCUT2D eigenvalue weighted by Crippen LogP contribution is 2.33. The van der Waals surface area contributed by atoms with E-state index in [4.69, 9.17) is 0 Å². The van der Waals surface area contributed by atoms with Crippen molar-refractivity contribution in [2.45, 2.75) is 13.1 Å². The second-order valence-corrected chi connectivity index (χ2v) is 4.63. The predicted octanol–water partition coefficient (Wildman–Crippen LogP) is 4.31. The van der Waals surface area contributed by atoms with Crippen LogP contribution in [0.5, 0.6) is 0 Å². The molecular formula is C15H10F3NO. The molecule has 5 heteroatoms. The molecule has 0 N–H and O–H groups in total. The van der Waals surface area contributed by atoms with Gasteiger partial charge in [-0.15, -0.1) is 0 Å². The van der Waals surface area contributed by atoms with Gasteiger partial charge in [0, 0.05) is 10.8 Å². The number of aromatic nitrogens is 1. The van der Waals surface area contributed by atoms with Crippen LogP contribution in [0.2, 0.25) is 0 Å². The maximum Gasteiger partial charge on any atom is 0.472 e. The first kappa shape index (κ1) is 12.7. The molecule has 0 aliphatic rings. The summed E-state index contributed by atoms with van der Waals surface area (Å²) in [6, 6.07) is 11.8. The van der Waals surface area contributed by atoms with E-state index < -0.39 is 12.1 Å². The fourth-order valence-corrected chi connectivity index (χ4v) is 2.53. The van der Waals surface area contributed by atoms with Crippen molar-refractivity contribution in [3.05, 3.63) is 48.0 Å². The van der Waals surface area contributed by atoms with Gasteiger partial charge in [-0.25, -0.2) is 0 Å². The predicted molar refractivity (Wildman–Crippen MR) is 70.9 cm³/mol. The molecule has 2 nitrogen and oxygen atoms in total. The first-order chi connectivity index (χ1) is 9.41. The second-order valence-electron chi connectivity index (χ2n) is 4.63. The van der Waals surface area contributed by atoms with Crippen molar-refractivity contribution in [2.75, 3.05) is 0 Å². The third kappa shape index (κ3) is 1.70. The minimum atomic E-state index is -4.91. The Morgan fingerprint density at radius 2 is 1.65 bits per heavy atom. The number of rotatable bonds is 0. The highest BCUT2D eigenvalue weighted by Gasteiger charge is 2.41. The van der Waals surface area contributed by atoms with Gasteiger partial charge in [-0.3, -0.25) is 9.36 Å². The fourth-order valence-electron chi connectivity index (χ4n) is 2.53. The van der Waals surface area contributed by atoms with Gasteiger partial charge in [-0.05, 0) is 18.6 Å². The molecule has 0 bridgehead atoms. The lowest BCUT2D eigenvalue weighted by molar-refractivity contribution is -0.0939. The van der Waals surface area contributed by atoms with E-state index in [-0.39, 0.29) is 5.52 Å². The van der Waals surface area contributed by atoms with Gasteiger partial charge >= 0.3 is 12.1 Å². The van der Waals surface area contributed by atoms with Crippen LogP contribution in [0.3, 0.4) is 0 Å². The van der Waals surface area contributed by atoms with E-state index >= 15 is 0 Å². The van der Waals surface area contributed by atoms with Gasteiger partial charge < -0.3 is 0 Å². The number of carbonyl (C=O) groups is 1. The summed E-state index contributed by atoms with van der Waals surface area (Å²) in [7, 11) is 0. The lowest BCUT2D eigenvalue weighted by Crippen LogP contribution is -2.28. The van der Waals surface area contributed by atoms with Gasteiger partial charge in [0.15, 0.2) is 0 Å². The molecular weight excluding hydrogens is 267 g/mol. The molecule has 3 rings (SSSR count). The number of para-hydroxylation sites is 2. The van der Waals surface area contributed by atoms with Crippen LogP contribution in [0, 0.1) is 6.92 Å². The molecule has 0 aliphatic heterocycles. The van der Waals surface area contributed by atoms with E-state index in [2.05, 4.69) is 0 Å². The first-order valence-electron chi connectivity index (χ1n) is 6.01. The largest absolute Gasteiger partial charge is 0.472 e. The van der Waals surface area contributed by atoms with E-state index in [1.807, 2.05) is 0 Å². The lowest BCUT2D eigenvalue weighted by Gasteiger charge is -2.10. The molecule has 0 saturated heterocycles. The summed E-state index contributed by atoms with van der Waals surface area (Å²) in [5.41, 5.74) is 1.23. The van der Waals surface area contributed by atoms with Gasteiger partial charge in [0.05, 0.1) is 11.0 Å². The summed E-state index contributed by atoms with van der Waals surface area (Å²) in [5, 5.41) is 1.29. The number of hydrogen-bond donors (Lipinski definition) is 0. The SMILES string of the molecule is Cc1cccc2c3ccccc3n(C(=O)C(F)(F)F)c12. The average Bonchev–Trinajstić information content (AvgIpc) is 2.73. The highest BCUT2D eigenvalue weighted by molar-refractivity contribution is 6.14. The molecule has 0 atom stereocenters. The molecule has 1 heterocycles. The summed E-state index contributed by atoms with van der Waals surface area (Å²) in [6.07, 6.45) is -4.91. The minimum Gasteiger partial charge on any atom is -0.272 e. The Labute approximate surface area is 112 Å². The summed E-state index contributed by atoms with van der Waals surface area (Å²) < 4.78 is 39.3. The van der Waals surface area contributed by atoms with Crippen molar-refractivity contribution in [2.24, 2.45) is 0 Å². The third-order valence-corrected chi connectivity index (χ3v) is 3.34. The maximum absolute atomic E-state index is 12.8. The molecule has 0 aliphatic carbocycles. The number of carbonyl (C=O) groups excluding carboxylic acids is 1. The number of alkyl halides is 3. The molecule has 0 saturated carbocycles. The number of nitrogens with zero attached hydrogens (tertiary/aromatic N) is 1. The molecule has 102 valence electrons. The Morgan fingerprint density at radius 1 is 1.00 bits per heavy atom. The number of aryl methyl sites for hydroxylation is 1. The van der Waals surface area contributed by atoms with E-state index in [0.717, 1.165) is 4.57 Å². The normalized spacial score (nSPS) is 12.2. The number of halogens is 3. The zero-order valence-electron chi connectivity index (χ0n) is 10.5. The van der Waals surface area contributed by atoms with Gasteiger partial charge in [-0.2, -0.15) is 13.2 Å². The highest BCUT2D eigenvalue weighted by atomic mass is 19.4. The van der Waals surface area contributed by atoms with Crippen LogP contribution in [0.4, 0.5) is 13.2 Å². The summed E-state index contributed by atoms with van der Waals surface area (Å²) in [4.78, 5) is 11.7. The maximum atomic E-state index is 12.8. The zero-order chi connectivity index (χ0) is 14.5. The lowest BCUT2D eigenvalue weighted by atomic mass is 10.1. The van der Waals surface area contributed by atoms with Crippen LogP contribution in [0.1, 0.15) is 10.4 Å². The van der Waals surface area contributed by atoms with Crippen molar-refractivity contribution in [1.82, 2.24) is 4.57 Å². The van der Waals surface area contributed by atoms with Crippen LogP contribution < -0.4 is 0 Å². The monoisotopic (exact) mass is 277 g/mol.